The van der Waals surface area contributed by atoms with E-state index in [-0.39, 0.29) is 17.5 Å². The molecule has 0 spiro atoms. The van der Waals surface area contributed by atoms with Crippen molar-refractivity contribution < 1.29 is 9.13 Å². The van der Waals surface area contributed by atoms with Gasteiger partial charge in [-0.2, -0.15) is 0 Å². The van der Waals surface area contributed by atoms with E-state index in [1.54, 1.807) is 20.1 Å². The van der Waals surface area contributed by atoms with Gasteiger partial charge in [-0.3, -0.25) is 0 Å². The van der Waals surface area contributed by atoms with Gasteiger partial charge >= 0.3 is 0 Å². The van der Waals surface area contributed by atoms with Crippen LogP contribution in [0.3, 0.4) is 0 Å². The van der Waals surface area contributed by atoms with Crippen molar-refractivity contribution in [3.05, 3.63) is 35.1 Å². The SMILES string of the molecule is CNC(c1ccc(C)c(F)c1)C1(OC)CCCC(C)C1. The molecule has 1 N–H and O–H groups in total. The fourth-order valence-corrected chi connectivity index (χ4v) is 3.63. The van der Waals surface area contributed by atoms with Gasteiger partial charge in [0, 0.05) is 7.11 Å². The largest absolute Gasteiger partial charge is 0.376 e. The number of nitrogens with one attached hydrogen (secondary N) is 1. The van der Waals surface area contributed by atoms with E-state index in [4.69, 9.17) is 4.74 Å². The molecule has 0 saturated heterocycles. The zero-order valence-electron chi connectivity index (χ0n) is 13.0. The number of halogens is 1. The lowest BCUT2D eigenvalue weighted by Gasteiger charge is -2.44. The first-order chi connectivity index (χ1) is 9.52. The van der Waals surface area contributed by atoms with Crippen LogP contribution < -0.4 is 5.32 Å². The first-order valence-electron chi connectivity index (χ1n) is 7.51. The van der Waals surface area contributed by atoms with Crippen molar-refractivity contribution in [2.75, 3.05) is 14.2 Å². The first-order valence-corrected chi connectivity index (χ1v) is 7.51. The molecule has 0 amide bonds. The van der Waals surface area contributed by atoms with Crippen LogP contribution >= 0.6 is 0 Å². The lowest BCUT2D eigenvalue weighted by Crippen LogP contribution is -2.47. The summed E-state index contributed by atoms with van der Waals surface area (Å²) < 4.78 is 19.8. The molecule has 3 unspecified atom stereocenters. The topological polar surface area (TPSA) is 21.3 Å². The highest BCUT2D eigenvalue weighted by Gasteiger charge is 2.42. The number of hydrogen-bond acceptors (Lipinski definition) is 2. The molecule has 2 rings (SSSR count). The van der Waals surface area contributed by atoms with Crippen LogP contribution in [0.25, 0.3) is 0 Å². The zero-order valence-corrected chi connectivity index (χ0v) is 13.0. The summed E-state index contributed by atoms with van der Waals surface area (Å²) in [5, 5.41) is 3.36. The molecule has 3 heteroatoms. The summed E-state index contributed by atoms with van der Waals surface area (Å²) >= 11 is 0. The van der Waals surface area contributed by atoms with E-state index >= 15 is 0 Å². The van der Waals surface area contributed by atoms with E-state index in [0.717, 1.165) is 18.4 Å². The quantitative estimate of drug-likeness (QED) is 0.900. The Kier molecular flexibility index (Phi) is 4.82. The molecule has 1 aromatic rings. The fraction of sp³-hybridized carbons (Fsp3) is 0.647. The average Bonchev–Trinajstić information content (AvgIpc) is 2.43. The van der Waals surface area contributed by atoms with E-state index in [1.165, 1.54) is 12.8 Å². The normalized spacial score (nSPS) is 28.4. The van der Waals surface area contributed by atoms with Crippen LogP contribution in [0.5, 0.6) is 0 Å². The van der Waals surface area contributed by atoms with Crippen molar-refractivity contribution in [3.63, 3.8) is 0 Å². The minimum Gasteiger partial charge on any atom is -0.376 e. The molecule has 1 aliphatic carbocycles. The second-order valence-corrected chi connectivity index (χ2v) is 6.20. The lowest BCUT2D eigenvalue weighted by molar-refractivity contribution is -0.0790. The van der Waals surface area contributed by atoms with Gasteiger partial charge in [0.05, 0.1) is 11.6 Å². The van der Waals surface area contributed by atoms with Crippen molar-refractivity contribution in [2.24, 2.45) is 5.92 Å². The Labute approximate surface area is 121 Å². The van der Waals surface area contributed by atoms with Crippen LogP contribution in [-0.4, -0.2) is 19.8 Å². The van der Waals surface area contributed by atoms with Crippen LogP contribution in [0.4, 0.5) is 4.39 Å². The average molecular weight is 279 g/mol. The Bertz CT molecular complexity index is 462. The van der Waals surface area contributed by atoms with Gasteiger partial charge in [-0.1, -0.05) is 31.9 Å². The minimum atomic E-state index is -0.228. The molecule has 1 fully saturated rings. The Balaban J connectivity index is 2.35. The van der Waals surface area contributed by atoms with Gasteiger partial charge in [-0.05, 0) is 49.9 Å². The van der Waals surface area contributed by atoms with Gasteiger partial charge < -0.3 is 10.1 Å². The molecule has 1 saturated carbocycles. The van der Waals surface area contributed by atoms with E-state index in [2.05, 4.69) is 12.2 Å². The third-order valence-electron chi connectivity index (χ3n) is 4.74. The van der Waals surface area contributed by atoms with Crippen molar-refractivity contribution in [3.8, 4) is 0 Å². The Morgan fingerprint density at radius 3 is 2.75 bits per heavy atom. The Morgan fingerprint density at radius 1 is 1.45 bits per heavy atom. The minimum absolute atomic E-state index is 0.0327. The smallest absolute Gasteiger partial charge is 0.126 e. The van der Waals surface area contributed by atoms with Gasteiger partial charge in [0.25, 0.3) is 0 Å². The summed E-state index contributed by atoms with van der Waals surface area (Å²) in [5.41, 5.74) is 1.44. The highest BCUT2D eigenvalue weighted by molar-refractivity contribution is 5.28. The zero-order chi connectivity index (χ0) is 14.8. The first kappa shape index (κ1) is 15.5. The maximum Gasteiger partial charge on any atom is 0.126 e. The molecule has 1 aromatic carbocycles. The van der Waals surface area contributed by atoms with Crippen molar-refractivity contribution >= 4 is 0 Å². The molecule has 20 heavy (non-hydrogen) atoms. The highest BCUT2D eigenvalue weighted by atomic mass is 19.1. The van der Waals surface area contributed by atoms with Crippen LogP contribution in [0.1, 0.15) is 49.8 Å². The Morgan fingerprint density at radius 2 is 2.20 bits per heavy atom. The molecule has 0 aromatic heterocycles. The predicted molar refractivity (Wildman–Crippen MR) is 80.3 cm³/mol. The molecule has 1 aliphatic rings. The lowest BCUT2D eigenvalue weighted by atomic mass is 9.72. The maximum atomic E-state index is 13.9. The van der Waals surface area contributed by atoms with Crippen molar-refractivity contribution in [1.29, 1.82) is 0 Å². The maximum absolute atomic E-state index is 13.9. The monoisotopic (exact) mass is 279 g/mol. The molecule has 0 aliphatic heterocycles. The van der Waals surface area contributed by atoms with Gasteiger partial charge in [0.1, 0.15) is 5.82 Å². The number of rotatable bonds is 4. The summed E-state index contributed by atoms with van der Waals surface area (Å²) in [6.07, 6.45) is 4.46. The van der Waals surface area contributed by atoms with E-state index in [0.29, 0.717) is 11.5 Å². The van der Waals surface area contributed by atoms with Crippen LogP contribution in [0.2, 0.25) is 0 Å². The van der Waals surface area contributed by atoms with Crippen molar-refractivity contribution in [1.82, 2.24) is 5.32 Å². The Hall–Kier alpha value is -0.930. The summed E-state index contributed by atoms with van der Waals surface area (Å²) in [5.74, 6) is 0.507. The third kappa shape index (κ3) is 2.89. The molecule has 3 atom stereocenters. The fourth-order valence-electron chi connectivity index (χ4n) is 3.63. The predicted octanol–water partition coefficient (Wildman–Crippen LogP) is 3.99. The molecule has 2 nitrogen and oxygen atoms in total. The van der Waals surface area contributed by atoms with E-state index in [9.17, 15) is 4.39 Å². The highest BCUT2D eigenvalue weighted by Crippen LogP contribution is 2.43. The van der Waals surface area contributed by atoms with Gasteiger partial charge in [-0.15, -0.1) is 0 Å². The third-order valence-corrected chi connectivity index (χ3v) is 4.74. The number of aryl methyl sites for hydroxylation is 1. The van der Waals surface area contributed by atoms with E-state index in [1.807, 2.05) is 19.2 Å². The summed E-state index contributed by atoms with van der Waals surface area (Å²) in [6, 6.07) is 5.55. The summed E-state index contributed by atoms with van der Waals surface area (Å²) in [6.45, 7) is 4.07. The van der Waals surface area contributed by atoms with Crippen molar-refractivity contribution in [2.45, 2.75) is 51.2 Å². The van der Waals surface area contributed by atoms with Gasteiger partial charge in [-0.25, -0.2) is 4.39 Å². The van der Waals surface area contributed by atoms with Crippen LogP contribution in [0, 0.1) is 18.7 Å². The molecule has 0 heterocycles. The summed E-state index contributed by atoms with van der Waals surface area (Å²) in [4.78, 5) is 0. The van der Waals surface area contributed by atoms with E-state index < -0.39 is 0 Å². The molecular weight excluding hydrogens is 253 g/mol. The van der Waals surface area contributed by atoms with Crippen LogP contribution in [0.15, 0.2) is 18.2 Å². The molecule has 0 radical (unpaired) electrons. The molecule has 112 valence electrons. The second kappa shape index (κ2) is 6.23. The van der Waals surface area contributed by atoms with Crippen LogP contribution in [-0.2, 0) is 4.74 Å². The summed E-state index contributed by atoms with van der Waals surface area (Å²) in [7, 11) is 3.72. The standard InChI is InChI=1S/C17H26FNO/c1-12-6-5-9-17(11-12,20-4)16(19-3)14-8-7-13(2)15(18)10-14/h7-8,10,12,16,19H,5-6,9,11H2,1-4H3. The van der Waals surface area contributed by atoms with Gasteiger partial charge in [0.2, 0.25) is 0 Å². The molecule has 0 bridgehead atoms. The number of ether oxygens (including phenoxy) is 1. The number of methoxy groups -OCH3 is 1. The number of hydrogen-bond donors (Lipinski definition) is 1. The van der Waals surface area contributed by atoms with Gasteiger partial charge in [0.15, 0.2) is 0 Å². The number of benzene rings is 1. The second-order valence-electron chi connectivity index (χ2n) is 6.20. The molecular formula is C17H26FNO. The number of likely N-dealkylation sites (N-methyl/N-ethyl adjacent to an activating group) is 1.